The van der Waals surface area contributed by atoms with Crippen LogP contribution in [0.4, 0.5) is 15.6 Å². The molecule has 0 unspecified atom stereocenters. The Morgan fingerprint density at radius 3 is 2.76 bits per heavy atom. The molecule has 2 aromatic rings. The summed E-state index contributed by atoms with van der Waals surface area (Å²) in [6.07, 6.45) is 3.87. The molecule has 0 saturated heterocycles. The Morgan fingerprint density at radius 2 is 2.05 bits per heavy atom. The fraction of sp³-hybridized carbons (Fsp3) is 0. The Kier molecular flexibility index (Phi) is 4.91. The van der Waals surface area contributed by atoms with E-state index in [-0.39, 0.29) is 0 Å². The van der Waals surface area contributed by atoms with Crippen molar-refractivity contribution >= 4 is 51.8 Å². The van der Waals surface area contributed by atoms with E-state index in [1.807, 2.05) is 0 Å². The van der Waals surface area contributed by atoms with Gasteiger partial charge in [-0.15, -0.1) is 0 Å². The lowest BCUT2D eigenvalue weighted by atomic mass is 10.3. The van der Waals surface area contributed by atoms with E-state index in [0.717, 1.165) is 17.4 Å². The van der Waals surface area contributed by atoms with Crippen molar-refractivity contribution in [2.45, 2.75) is 0 Å². The number of urea groups is 1. The zero-order valence-electron chi connectivity index (χ0n) is 10.5. The van der Waals surface area contributed by atoms with Gasteiger partial charge in [-0.05, 0) is 18.2 Å². The number of carbonyl (C=O) groups excluding carboxylic acids is 1. The SMILES string of the molecule is O=C(O)C=Cc1cnc(NC(=O)Nc2ccccc2Cl)s1. The van der Waals surface area contributed by atoms with Crippen molar-refractivity contribution in [2.75, 3.05) is 10.6 Å². The van der Waals surface area contributed by atoms with Crippen LogP contribution >= 0.6 is 22.9 Å². The highest BCUT2D eigenvalue weighted by molar-refractivity contribution is 7.16. The van der Waals surface area contributed by atoms with Crippen LogP contribution in [0, 0.1) is 0 Å². The molecule has 1 aromatic carbocycles. The molecule has 8 heteroatoms. The second-order valence-corrected chi connectivity index (χ2v) is 5.27. The van der Waals surface area contributed by atoms with Crippen LogP contribution in [0.15, 0.2) is 36.5 Å². The molecule has 3 N–H and O–H groups in total. The molecule has 1 aromatic heterocycles. The van der Waals surface area contributed by atoms with Crippen molar-refractivity contribution in [3.63, 3.8) is 0 Å². The average molecular weight is 324 g/mol. The molecule has 21 heavy (non-hydrogen) atoms. The number of anilines is 2. The summed E-state index contributed by atoms with van der Waals surface area (Å²) in [5, 5.41) is 14.4. The summed E-state index contributed by atoms with van der Waals surface area (Å²) in [6, 6.07) is 6.36. The van der Waals surface area contributed by atoms with E-state index < -0.39 is 12.0 Å². The molecule has 0 spiro atoms. The number of aromatic nitrogens is 1. The van der Waals surface area contributed by atoms with Crippen LogP contribution in [0.25, 0.3) is 6.08 Å². The van der Waals surface area contributed by atoms with Gasteiger partial charge in [0.1, 0.15) is 0 Å². The summed E-state index contributed by atoms with van der Waals surface area (Å²) in [4.78, 5) is 26.8. The number of aliphatic carboxylic acids is 1. The number of nitrogens with one attached hydrogen (secondary N) is 2. The van der Waals surface area contributed by atoms with Gasteiger partial charge in [-0.2, -0.15) is 0 Å². The highest BCUT2D eigenvalue weighted by atomic mass is 35.5. The monoisotopic (exact) mass is 323 g/mol. The number of hydrogen-bond acceptors (Lipinski definition) is 4. The van der Waals surface area contributed by atoms with Crippen LogP contribution in [0.3, 0.4) is 0 Å². The predicted molar refractivity (Wildman–Crippen MR) is 82.9 cm³/mol. The Morgan fingerprint density at radius 1 is 1.29 bits per heavy atom. The third-order valence-electron chi connectivity index (χ3n) is 2.26. The Bertz CT molecular complexity index is 699. The second-order valence-electron chi connectivity index (χ2n) is 3.80. The Hall–Kier alpha value is -2.38. The van der Waals surface area contributed by atoms with E-state index >= 15 is 0 Å². The van der Waals surface area contributed by atoms with Crippen molar-refractivity contribution in [3.8, 4) is 0 Å². The minimum absolute atomic E-state index is 0.351. The molecule has 0 radical (unpaired) electrons. The topological polar surface area (TPSA) is 91.3 Å². The highest BCUT2D eigenvalue weighted by Gasteiger charge is 2.07. The summed E-state index contributed by atoms with van der Waals surface area (Å²) < 4.78 is 0. The normalized spacial score (nSPS) is 10.5. The molecule has 0 aliphatic rings. The number of benzene rings is 1. The minimum Gasteiger partial charge on any atom is -0.478 e. The van der Waals surface area contributed by atoms with Gasteiger partial charge in [0.2, 0.25) is 0 Å². The van der Waals surface area contributed by atoms with E-state index in [9.17, 15) is 9.59 Å². The lowest BCUT2D eigenvalue weighted by Crippen LogP contribution is -2.19. The van der Waals surface area contributed by atoms with Gasteiger partial charge in [-0.25, -0.2) is 14.6 Å². The van der Waals surface area contributed by atoms with Crippen LogP contribution in [-0.2, 0) is 4.79 Å². The van der Waals surface area contributed by atoms with Gasteiger partial charge in [0, 0.05) is 17.2 Å². The first-order valence-corrected chi connectivity index (χ1v) is 6.93. The minimum atomic E-state index is -1.05. The molecule has 1 heterocycles. The van der Waals surface area contributed by atoms with E-state index in [2.05, 4.69) is 15.6 Å². The van der Waals surface area contributed by atoms with Gasteiger partial charge in [-0.1, -0.05) is 35.1 Å². The maximum absolute atomic E-state index is 11.8. The standard InChI is InChI=1S/C13H10ClN3O3S/c14-9-3-1-2-4-10(9)16-12(20)17-13-15-7-8(21-13)5-6-11(18)19/h1-7H,(H,18,19)(H2,15,16,17,20). The average Bonchev–Trinajstić information content (AvgIpc) is 2.86. The number of nitrogens with zero attached hydrogens (tertiary/aromatic N) is 1. The van der Waals surface area contributed by atoms with Gasteiger partial charge in [0.25, 0.3) is 0 Å². The van der Waals surface area contributed by atoms with Crippen LogP contribution in [-0.4, -0.2) is 22.1 Å². The zero-order chi connectivity index (χ0) is 15.2. The number of amides is 2. The molecular formula is C13H10ClN3O3S. The van der Waals surface area contributed by atoms with Gasteiger partial charge in [-0.3, -0.25) is 5.32 Å². The molecular weight excluding hydrogens is 314 g/mol. The van der Waals surface area contributed by atoms with Crippen molar-refractivity contribution in [1.29, 1.82) is 0 Å². The number of carbonyl (C=O) groups is 2. The molecule has 6 nitrogen and oxygen atoms in total. The van der Waals surface area contributed by atoms with Gasteiger partial charge < -0.3 is 10.4 Å². The first kappa shape index (κ1) is 15.0. The fourth-order valence-electron chi connectivity index (χ4n) is 1.39. The first-order chi connectivity index (χ1) is 10.0. The summed E-state index contributed by atoms with van der Waals surface area (Å²) in [7, 11) is 0. The van der Waals surface area contributed by atoms with Gasteiger partial charge in [0.05, 0.1) is 10.7 Å². The Balaban J connectivity index is 1.97. The Labute approximate surface area is 129 Å². The summed E-state index contributed by atoms with van der Waals surface area (Å²) in [5.41, 5.74) is 0.485. The molecule has 0 bridgehead atoms. The van der Waals surface area contributed by atoms with E-state index in [4.69, 9.17) is 16.7 Å². The fourth-order valence-corrected chi connectivity index (χ4v) is 2.28. The van der Waals surface area contributed by atoms with Crippen molar-refractivity contribution < 1.29 is 14.7 Å². The van der Waals surface area contributed by atoms with Crippen LogP contribution in [0.5, 0.6) is 0 Å². The van der Waals surface area contributed by atoms with Crippen LogP contribution < -0.4 is 10.6 Å². The number of hydrogen-bond donors (Lipinski definition) is 3. The van der Waals surface area contributed by atoms with Crippen molar-refractivity contribution in [1.82, 2.24) is 4.98 Å². The maximum Gasteiger partial charge on any atom is 0.328 e. The quantitative estimate of drug-likeness (QED) is 0.750. The third-order valence-corrected chi connectivity index (χ3v) is 3.46. The van der Waals surface area contributed by atoms with Gasteiger partial charge in [0.15, 0.2) is 5.13 Å². The first-order valence-electron chi connectivity index (χ1n) is 5.74. The number of para-hydroxylation sites is 1. The molecule has 2 rings (SSSR count). The van der Waals surface area contributed by atoms with E-state index in [1.165, 1.54) is 12.3 Å². The lowest BCUT2D eigenvalue weighted by molar-refractivity contribution is -0.131. The third kappa shape index (κ3) is 4.59. The summed E-state index contributed by atoms with van der Waals surface area (Å²) >= 11 is 7.08. The molecule has 108 valence electrons. The second kappa shape index (κ2) is 6.87. The highest BCUT2D eigenvalue weighted by Crippen LogP contribution is 2.22. The van der Waals surface area contributed by atoms with Gasteiger partial charge >= 0.3 is 12.0 Å². The number of carboxylic acid groups (broad SMARTS) is 1. The molecule has 0 fully saturated rings. The molecule has 0 aliphatic carbocycles. The lowest BCUT2D eigenvalue weighted by Gasteiger charge is -2.06. The number of thiazole rings is 1. The van der Waals surface area contributed by atoms with E-state index in [1.54, 1.807) is 24.3 Å². The summed E-state index contributed by atoms with van der Waals surface area (Å²) in [5.74, 6) is -1.05. The van der Waals surface area contributed by atoms with Crippen molar-refractivity contribution in [2.24, 2.45) is 0 Å². The van der Waals surface area contributed by atoms with E-state index in [0.29, 0.717) is 20.7 Å². The smallest absolute Gasteiger partial charge is 0.328 e. The van der Waals surface area contributed by atoms with Crippen LogP contribution in [0.2, 0.25) is 5.02 Å². The molecule has 2 amide bonds. The number of carboxylic acids is 1. The predicted octanol–water partition coefficient (Wildman–Crippen LogP) is 3.54. The summed E-state index contributed by atoms with van der Waals surface area (Å²) in [6.45, 7) is 0. The largest absolute Gasteiger partial charge is 0.478 e. The van der Waals surface area contributed by atoms with Crippen LogP contribution in [0.1, 0.15) is 4.88 Å². The number of halogens is 1. The molecule has 0 atom stereocenters. The maximum atomic E-state index is 11.8. The zero-order valence-corrected chi connectivity index (χ0v) is 12.1. The molecule has 0 aliphatic heterocycles. The van der Waals surface area contributed by atoms with Crippen molar-refractivity contribution in [3.05, 3.63) is 46.4 Å². The number of rotatable bonds is 4. The molecule has 0 saturated carbocycles.